The topological polar surface area (TPSA) is 64.6 Å². The van der Waals surface area contributed by atoms with Crippen LogP contribution in [0.3, 0.4) is 0 Å². The molecule has 0 radical (unpaired) electrons. The van der Waals surface area contributed by atoms with E-state index in [1.807, 2.05) is 6.92 Å². The molecule has 0 bridgehead atoms. The second kappa shape index (κ2) is 8.85. The summed E-state index contributed by atoms with van der Waals surface area (Å²) in [5, 5.41) is 2.86. The van der Waals surface area contributed by atoms with Gasteiger partial charge in [0.25, 0.3) is 5.91 Å². The molecule has 0 spiro atoms. The minimum Gasteiger partial charge on any atom is -0.496 e. The van der Waals surface area contributed by atoms with Gasteiger partial charge in [-0.1, -0.05) is 12.1 Å². The third-order valence-corrected chi connectivity index (χ3v) is 3.90. The van der Waals surface area contributed by atoms with Gasteiger partial charge in [-0.15, -0.1) is 6.58 Å². The Balaban J connectivity index is 2.27. The number of ether oxygens (including phenoxy) is 2. The lowest BCUT2D eigenvalue weighted by atomic mass is 10.1. The zero-order chi connectivity index (χ0) is 19.1. The van der Waals surface area contributed by atoms with Crippen molar-refractivity contribution >= 4 is 17.6 Å². The monoisotopic (exact) mass is 353 g/mol. The maximum Gasteiger partial charge on any atom is 0.338 e. The van der Waals surface area contributed by atoms with Crippen molar-refractivity contribution in [3.63, 3.8) is 0 Å². The van der Waals surface area contributed by atoms with Crippen LogP contribution in [0.1, 0.15) is 38.8 Å². The van der Waals surface area contributed by atoms with Crippen LogP contribution in [0.4, 0.5) is 5.69 Å². The van der Waals surface area contributed by atoms with Gasteiger partial charge in [0.1, 0.15) is 5.75 Å². The minimum atomic E-state index is -0.416. The first-order chi connectivity index (χ1) is 12.5. The third kappa shape index (κ3) is 4.51. The highest BCUT2D eigenvalue weighted by Crippen LogP contribution is 2.23. The Morgan fingerprint density at radius 1 is 1.15 bits per heavy atom. The van der Waals surface area contributed by atoms with E-state index < -0.39 is 5.97 Å². The van der Waals surface area contributed by atoms with E-state index in [9.17, 15) is 9.59 Å². The number of anilines is 1. The van der Waals surface area contributed by atoms with Gasteiger partial charge in [0, 0.05) is 11.3 Å². The molecule has 0 unspecified atom stereocenters. The molecule has 0 aromatic heterocycles. The van der Waals surface area contributed by atoms with Gasteiger partial charge in [-0.2, -0.15) is 0 Å². The van der Waals surface area contributed by atoms with Crippen LogP contribution in [0.15, 0.2) is 49.1 Å². The number of rotatable bonds is 7. The van der Waals surface area contributed by atoms with Gasteiger partial charge in [0.05, 0.1) is 19.3 Å². The fourth-order valence-corrected chi connectivity index (χ4v) is 2.53. The number of methoxy groups -OCH3 is 1. The number of hydrogen-bond acceptors (Lipinski definition) is 4. The van der Waals surface area contributed by atoms with Crippen LogP contribution in [0.2, 0.25) is 0 Å². The van der Waals surface area contributed by atoms with Gasteiger partial charge < -0.3 is 14.8 Å². The molecule has 1 N–H and O–H groups in total. The van der Waals surface area contributed by atoms with Gasteiger partial charge in [-0.3, -0.25) is 4.79 Å². The van der Waals surface area contributed by atoms with Gasteiger partial charge in [0.2, 0.25) is 0 Å². The van der Waals surface area contributed by atoms with Crippen LogP contribution >= 0.6 is 0 Å². The molecule has 0 saturated heterocycles. The summed E-state index contributed by atoms with van der Waals surface area (Å²) in [7, 11) is 1.59. The number of carbonyl (C=O) groups is 2. The lowest BCUT2D eigenvalue weighted by Crippen LogP contribution is -2.14. The predicted molar refractivity (Wildman–Crippen MR) is 102 cm³/mol. The van der Waals surface area contributed by atoms with E-state index in [0.29, 0.717) is 35.6 Å². The van der Waals surface area contributed by atoms with Crippen molar-refractivity contribution in [3.8, 4) is 5.75 Å². The molecule has 26 heavy (non-hydrogen) atoms. The number of amides is 1. The molecule has 2 rings (SSSR count). The molecule has 0 aliphatic heterocycles. The molecular formula is C21H23NO4. The summed E-state index contributed by atoms with van der Waals surface area (Å²) in [5.74, 6) is 0.0322. The Morgan fingerprint density at radius 2 is 1.88 bits per heavy atom. The number of allylic oxidation sites excluding steroid dienone is 1. The van der Waals surface area contributed by atoms with E-state index in [1.165, 1.54) is 0 Å². The zero-order valence-corrected chi connectivity index (χ0v) is 15.3. The number of hydrogen-bond donors (Lipinski definition) is 1. The highest BCUT2D eigenvalue weighted by atomic mass is 16.5. The van der Waals surface area contributed by atoms with Crippen molar-refractivity contribution in [3.05, 3.63) is 71.3 Å². The molecule has 5 heteroatoms. The number of carbonyl (C=O) groups excluding carboxylic acids is 2. The van der Waals surface area contributed by atoms with E-state index in [1.54, 1.807) is 56.5 Å². The molecule has 2 aromatic carbocycles. The Morgan fingerprint density at radius 3 is 2.54 bits per heavy atom. The summed E-state index contributed by atoms with van der Waals surface area (Å²) in [6.45, 7) is 7.64. The smallest absolute Gasteiger partial charge is 0.338 e. The Labute approximate surface area is 153 Å². The molecular weight excluding hydrogens is 330 g/mol. The van der Waals surface area contributed by atoms with E-state index >= 15 is 0 Å². The van der Waals surface area contributed by atoms with E-state index in [4.69, 9.17) is 9.47 Å². The summed E-state index contributed by atoms with van der Waals surface area (Å²) in [5.41, 5.74) is 3.21. The minimum absolute atomic E-state index is 0.262. The van der Waals surface area contributed by atoms with Crippen LogP contribution in [0.5, 0.6) is 5.75 Å². The summed E-state index contributed by atoms with van der Waals surface area (Å²) >= 11 is 0. The SMILES string of the molecule is C=CCc1cc(C(=O)Nc2cc(C(=O)OCC)ccc2C)ccc1OC. The average molecular weight is 353 g/mol. The number of benzene rings is 2. The first kappa shape index (κ1) is 19.2. The largest absolute Gasteiger partial charge is 0.496 e. The normalized spacial score (nSPS) is 10.1. The number of nitrogens with one attached hydrogen (secondary N) is 1. The van der Waals surface area contributed by atoms with Gasteiger partial charge in [-0.05, 0) is 61.7 Å². The number of aryl methyl sites for hydroxylation is 1. The summed E-state index contributed by atoms with van der Waals surface area (Å²) in [6.07, 6.45) is 2.36. The second-order valence-electron chi connectivity index (χ2n) is 5.72. The fourth-order valence-electron chi connectivity index (χ4n) is 2.53. The van der Waals surface area contributed by atoms with Crippen molar-refractivity contribution in [2.75, 3.05) is 19.0 Å². The van der Waals surface area contributed by atoms with Crippen molar-refractivity contribution in [2.24, 2.45) is 0 Å². The van der Waals surface area contributed by atoms with Crippen molar-refractivity contribution in [2.45, 2.75) is 20.3 Å². The molecule has 0 saturated carbocycles. The van der Waals surface area contributed by atoms with Crippen molar-refractivity contribution < 1.29 is 19.1 Å². The quantitative estimate of drug-likeness (QED) is 0.600. The first-order valence-corrected chi connectivity index (χ1v) is 8.37. The fraction of sp³-hybridized carbons (Fsp3) is 0.238. The lowest BCUT2D eigenvalue weighted by Gasteiger charge is -2.12. The van der Waals surface area contributed by atoms with E-state index in [0.717, 1.165) is 11.1 Å². The Kier molecular flexibility index (Phi) is 6.55. The van der Waals surface area contributed by atoms with E-state index in [-0.39, 0.29) is 5.91 Å². The average Bonchev–Trinajstić information content (AvgIpc) is 2.63. The molecule has 0 heterocycles. The van der Waals surface area contributed by atoms with Crippen LogP contribution in [0.25, 0.3) is 0 Å². The molecule has 0 fully saturated rings. The maximum absolute atomic E-state index is 12.6. The molecule has 5 nitrogen and oxygen atoms in total. The third-order valence-electron chi connectivity index (χ3n) is 3.90. The molecule has 2 aromatic rings. The van der Waals surface area contributed by atoms with Crippen LogP contribution in [-0.2, 0) is 11.2 Å². The molecule has 0 aliphatic carbocycles. The van der Waals surface area contributed by atoms with E-state index in [2.05, 4.69) is 11.9 Å². The second-order valence-corrected chi connectivity index (χ2v) is 5.72. The van der Waals surface area contributed by atoms with Crippen LogP contribution in [-0.4, -0.2) is 25.6 Å². The van der Waals surface area contributed by atoms with Gasteiger partial charge in [-0.25, -0.2) is 4.79 Å². The zero-order valence-electron chi connectivity index (χ0n) is 15.3. The highest BCUT2D eigenvalue weighted by Gasteiger charge is 2.13. The Bertz CT molecular complexity index is 827. The summed E-state index contributed by atoms with van der Waals surface area (Å²) < 4.78 is 10.3. The van der Waals surface area contributed by atoms with Crippen LogP contribution in [0, 0.1) is 6.92 Å². The molecule has 1 amide bonds. The molecule has 0 aliphatic rings. The highest BCUT2D eigenvalue weighted by molar-refractivity contribution is 6.05. The van der Waals surface area contributed by atoms with Gasteiger partial charge >= 0.3 is 5.97 Å². The van der Waals surface area contributed by atoms with Crippen molar-refractivity contribution in [1.82, 2.24) is 0 Å². The first-order valence-electron chi connectivity index (χ1n) is 8.37. The lowest BCUT2D eigenvalue weighted by molar-refractivity contribution is 0.0526. The molecule has 136 valence electrons. The Hall–Kier alpha value is -3.08. The predicted octanol–water partition coefficient (Wildman–Crippen LogP) is 4.16. The maximum atomic E-state index is 12.6. The van der Waals surface area contributed by atoms with Crippen LogP contribution < -0.4 is 10.1 Å². The van der Waals surface area contributed by atoms with Gasteiger partial charge in [0.15, 0.2) is 0 Å². The summed E-state index contributed by atoms with van der Waals surface area (Å²) in [6, 6.07) is 10.3. The molecule has 0 atom stereocenters. The van der Waals surface area contributed by atoms with Crippen molar-refractivity contribution in [1.29, 1.82) is 0 Å². The standard InChI is InChI=1S/C21H23NO4/c1-5-7-15-12-16(10-11-19(15)25-4)20(23)22-18-13-17(9-8-14(18)3)21(24)26-6-2/h5,8-13H,1,6-7H2,2-4H3,(H,22,23). The number of esters is 1. The summed E-state index contributed by atoms with van der Waals surface area (Å²) in [4.78, 5) is 24.5.